The van der Waals surface area contributed by atoms with Crippen molar-refractivity contribution in [1.82, 2.24) is 4.57 Å². The summed E-state index contributed by atoms with van der Waals surface area (Å²) in [6, 6.07) is 4.32. The third-order valence-electron chi connectivity index (χ3n) is 6.76. The van der Waals surface area contributed by atoms with Crippen LogP contribution in [0.4, 0.5) is 23.7 Å². The van der Waals surface area contributed by atoms with Crippen LogP contribution in [0.25, 0.3) is 16.6 Å². The summed E-state index contributed by atoms with van der Waals surface area (Å²) in [4.78, 5) is 36.5. The number of pyridine rings is 1. The van der Waals surface area contributed by atoms with Crippen molar-refractivity contribution in [3.63, 3.8) is 0 Å². The number of carbonyl (C=O) groups is 2. The normalized spacial score (nSPS) is 15.2. The molecule has 1 fully saturated rings. The first-order valence-electron chi connectivity index (χ1n) is 12.8. The highest BCUT2D eigenvalue weighted by Crippen LogP contribution is 2.35. The van der Waals surface area contributed by atoms with Crippen molar-refractivity contribution >= 4 is 28.7 Å². The molecule has 1 saturated heterocycles. The topological polar surface area (TPSA) is 115 Å². The van der Waals surface area contributed by atoms with Crippen molar-refractivity contribution < 1.29 is 32.6 Å². The molecule has 1 atom stereocenters. The molecule has 2 aromatic carbocycles. The van der Waals surface area contributed by atoms with Crippen molar-refractivity contribution in [2.45, 2.75) is 53.6 Å². The molecule has 3 N–H and O–H groups in total. The Labute approximate surface area is 230 Å². The molecule has 0 spiro atoms. The van der Waals surface area contributed by atoms with E-state index in [0.717, 1.165) is 24.8 Å². The zero-order valence-corrected chi connectivity index (χ0v) is 23.3. The van der Waals surface area contributed by atoms with Crippen LogP contribution in [0, 0.1) is 36.2 Å². The Balaban J connectivity index is 0.000000482. The molecule has 1 unspecified atom stereocenters. The van der Waals surface area contributed by atoms with E-state index in [9.17, 15) is 28.3 Å². The lowest BCUT2D eigenvalue weighted by Gasteiger charge is -2.23. The smallest absolute Gasteiger partial charge is 0.405 e. The number of carboxylic acid groups (broad SMARTS) is 1. The summed E-state index contributed by atoms with van der Waals surface area (Å²) < 4.78 is 49.3. The first kappa shape index (κ1) is 30.5. The zero-order valence-electron chi connectivity index (χ0n) is 23.3. The summed E-state index contributed by atoms with van der Waals surface area (Å²) in [6.45, 7) is 12.2. The van der Waals surface area contributed by atoms with Crippen molar-refractivity contribution in [2.24, 2.45) is 17.6 Å². The van der Waals surface area contributed by atoms with E-state index in [1.165, 1.54) is 17.6 Å². The molecule has 1 amide bonds. The molecule has 0 bridgehead atoms. The minimum Gasteiger partial charge on any atom is -0.477 e. The quantitative estimate of drug-likeness (QED) is 0.418. The van der Waals surface area contributed by atoms with Gasteiger partial charge >= 0.3 is 12.1 Å². The number of ether oxygens (including phenoxy) is 1. The Morgan fingerprint density at radius 3 is 2.25 bits per heavy atom. The molecule has 0 aliphatic carbocycles. The first-order chi connectivity index (χ1) is 18.5. The van der Waals surface area contributed by atoms with Gasteiger partial charge in [-0.3, -0.25) is 4.79 Å². The number of hydrogen-bond donors (Lipinski definition) is 2. The van der Waals surface area contributed by atoms with E-state index in [0.29, 0.717) is 31.0 Å². The Morgan fingerprint density at radius 1 is 1.12 bits per heavy atom. The summed E-state index contributed by atoms with van der Waals surface area (Å²) in [5.74, 6) is -3.04. The van der Waals surface area contributed by atoms with Crippen LogP contribution in [0.5, 0.6) is 0 Å². The average Bonchev–Trinajstić information content (AvgIpc) is 3.31. The van der Waals surface area contributed by atoms with Crippen LogP contribution in [0.15, 0.2) is 35.3 Å². The fourth-order valence-electron chi connectivity index (χ4n) is 4.74. The van der Waals surface area contributed by atoms with E-state index < -0.39 is 46.1 Å². The van der Waals surface area contributed by atoms with Crippen molar-refractivity contribution in [3.8, 4) is 5.69 Å². The van der Waals surface area contributed by atoms with Gasteiger partial charge in [0.05, 0.1) is 22.3 Å². The van der Waals surface area contributed by atoms with Gasteiger partial charge in [0.2, 0.25) is 5.43 Å². The summed E-state index contributed by atoms with van der Waals surface area (Å²) in [5, 5.41) is 9.37. The fourth-order valence-corrected chi connectivity index (χ4v) is 4.74. The van der Waals surface area contributed by atoms with Gasteiger partial charge in [0.25, 0.3) is 0 Å². The summed E-state index contributed by atoms with van der Waals surface area (Å²) in [6.07, 6.45) is 1.18. The molecule has 4 rings (SSSR count). The van der Waals surface area contributed by atoms with Gasteiger partial charge in [0.15, 0.2) is 0 Å². The van der Waals surface area contributed by atoms with Gasteiger partial charge in [0.1, 0.15) is 28.6 Å². The maximum Gasteiger partial charge on any atom is 0.405 e. The number of nitrogens with zero attached hydrogens (tertiary/aromatic N) is 2. The second-order valence-corrected chi connectivity index (χ2v) is 11.1. The highest BCUT2D eigenvalue weighted by atomic mass is 19.1. The number of aryl methyl sites for hydroxylation is 1. The monoisotopic (exact) mass is 561 g/mol. The minimum atomic E-state index is -1.52. The average molecular weight is 562 g/mol. The van der Waals surface area contributed by atoms with Crippen LogP contribution in [0.1, 0.15) is 57.0 Å². The summed E-state index contributed by atoms with van der Waals surface area (Å²) in [7, 11) is 0. The number of nitrogens with two attached hydrogens (primary N) is 1. The third-order valence-corrected chi connectivity index (χ3v) is 6.76. The standard InChI is InChI=1S/C24H23F3N2O3.C5H11NO2/c1-12(2)14-6-7-28(10-14)20-9-19-21(13(3)22(20)27)23(30)16(24(31)32)11-29(19)18-5-4-15(25)8-17(18)26;1-5(2,3)8-4(6)7/h4-5,8-9,11-12,14H,6-7,10H2,1-3H3,(H,31,32);1-3H3,(H2,6,7). The molecular formula is C29H34F3N3O5. The lowest BCUT2D eigenvalue weighted by atomic mass is 9.95. The molecule has 1 aliphatic heterocycles. The molecule has 8 nitrogen and oxygen atoms in total. The number of hydrogen-bond acceptors (Lipinski definition) is 5. The van der Waals surface area contributed by atoms with Gasteiger partial charge in [-0.25, -0.2) is 22.8 Å². The molecule has 40 heavy (non-hydrogen) atoms. The van der Waals surface area contributed by atoms with Crippen LogP contribution < -0.4 is 16.1 Å². The number of anilines is 1. The number of aromatic nitrogens is 1. The molecule has 2 heterocycles. The number of rotatable bonds is 4. The van der Waals surface area contributed by atoms with Crippen LogP contribution in [-0.2, 0) is 4.74 Å². The van der Waals surface area contributed by atoms with Crippen LogP contribution in [-0.4, -0.2) is 40.4 Å². The Morgan fingerprint density at radius 2 is 1.77 bits per heavy atom. The Hall–Kier alpha value is -4.02. The Kier molecular flexibility index (Phi) is 8.86. The lowest BCUT2D eigenvalue weighted by Crippen LogP contribution is -2.27. The molecular weight excluding hydrogens is 527 g/mol. The van der Waals surface area contributed by atoms with E-state index >= 15 is 4.39 Å². The van der Waals surface area contributed by atoms with Crippen molar-refractivity contribution in [3.05, 3.63) is 69.3 Å². The maximum atomic E-state index is 15.4. The molecule has 3 aromatic rings. The number of carbonyl (C=O) groups excluding carboxylic acids is 1. The number of amides is 1. The summed E-state index contributed by atoms with van der Waals surface area (Å²) >= 11 is 0. The second kappa shape index (κ2) is 11.6. The number of primary amides is 1. The second-order valence-electron chi connectivity index (χ2n) is 11.1. The zero-order chi connectivity index (χ0) is 30.1. The Bertz CT molecular complexity index is 1510. The third kappa shape index (κ3) is 6.57. The molecule has 11 heteroatoms. The number of aromatic carboxylic acids is 1. The molecule has 0 saturated carbocycles. The minimum absolute atomic E-state index is 0.00475. The van der Waals surface area contributed by atoms with E-state index in [4.69, 9.17) is 5.73 Å². The van der Waals surface area contributed by atoms with Crippen LogP contribution in [0.2, 0.25) is 0 Å². The number of carboxylic acids is 1. The lowest BCUT2D eigenvalue weighted by molar-refractivity contribution is 0.0598. The van der Waals surface area contributed by atoms with Crippen molar-refractivity contribution in [2.75, 3.05) is 18.0 Å². The van der Waals surface area contributed by atoms with Gasteiger partial charge in [-0.1, -0.05) is 13.8 Å². The van der Waals surface area contributed by atoms with E-state index in [1.807, 2.05) is 4.90 Å². The maximum absolute atomic E-state index is 15.4. The summed E-state index contributed by atoms with van der Waals surface area (Å²) in [5.41, 5.74) is 3.07. The van der Waals surface area contributed by atoms with Crippen LogP contribution in [0.3, 0.4) is 0 Å². The SMILES string of the molecule is CC(C)(C)OC(N)=O.Cc1c(F)c(N2CCC(C(C)C)C2)cc2c1c(=O)c(C(=O)O)cn2-c1ccc(F)cc1F. The number of benzene rings is 2. The van der Waals surface area contributed by atoms with Gasteiger partial charge in [-0.2, -0.15) is 0 Å². The van der Waals surface area contributed by atoms with Gasteiger partial charge in [0, 0.05) is 30.9 Å². The van der Waals surface area contributed by atoms with E-state index in [-0.39, 0.29) is 27.8 Å². The van der Waals surface area contributed by atoms with E-state index in [2.05, 4.69) is 18.6 Å². The van der Waals surface area contributed by atoms with Crippen LogP contribution >= 0.6 is 0 Å². The molecule has 0 radical (unpaired) electrons. The van der Waals surface area contributed by atoms with Gasteiger partial charge in [-0.05, 0) is 64.2 Å². The highest BCUT2D eigenvalue weighted by Gasteiger charge is 2.29. The number of fused-ring (bicyclic) bond motifs is 1. The highest BCUT2D eigenvalue weighted by molar-refractivity contribution is 5.95. The first-order valence-corrected chi connectivity index (χ1v) is 12.8. The number of halogens is 3. The molecule has 1 aromatic heterocycles. The predicted octanol–water partition coefficient (Wildman–Crippen LogP) is 5.78. The largest absolute Gasteiger partial charge is 0.477 e. The fraction of sp³-hybridized carbons (Fsp3) is 0.414. The predicted molar refractivity (Wildman–Crippen MR) is 147 cm³/mol. The molecule has 216 valence electrons. The van der Waals surface area contributed by atoms with Gasteiger partial charge in [-0.15, -0.1) is 0 Å². The van der Waals surface area contributed by atoms with Crippen molar-refractivity contribution in [1.29, 1.82) is 0 Å². The molecule has 1 aliphatic rings. The van der Waals surface area contributed by atoms with E-state index in [1.54, 1.807) is 20.8 Å². The van der Waals surface area contributed by atoms with Gasteiger partial charge < -0.3 is 25.0 Å².